The first-order chi connectivity index (χ1) is 7.65. The van der Waals surface area contributed by atoms with Crippen molar-refractivity contribution in [2.45, 2.75) is 25.7 Å². The molecule has 0 bridgehead atoms. The minimum atomic E-state index is -0.0863. The highest BCUT2D eigenvalue weighted by Gasteiger charge is 2.36. The van der Waals surface area contributed by atoms with Gasteiger partial charge in [0.15, 0.2) is 0 Å². The van der Waals surface area contributed by atoms with Crippen LogP contribution in [0.4, 0.5) is 4.39 Å². The summed E-state index contributed by atoms with van der Waals surface area (Å²) < 4.78 is 14.5. The highest BCUT2D eigenvalue weighted by Crippen LogP contribution is 2.43. The largest absolute Gasteiger partial charge is 0.319 e. The van der Waals surface area contributed by atoms with Gasteiger partial charge in [-0.05, 0) is 49.4 Å². The molecule has 0 amide bonds. The van der Waals surface area contributed by atoms with Gasteiger partial charge in [-0.3, -0.25) is 0 Å². The molecule has 3 heteroatoms. The summed E-state index contributed by atoms with van der Waals surface area (Å²) in [7, 11) is 1.97. The maximum Gasteiger partial charge on any atom is 0.127 e. The second kappa shape index (κ2) is 4.84. The lowest BCUT2D eigenvalue weighted by Gasteiger charge is -2.42. The molecule has 16 heavy (non-hydrogen) atoms. The fraction of sp³-hybridized carbons (Fsp3) is 0.538. The Labute approximate surface area is 105 Å². The molecule has 2 rings (SSSR count). The number of rotatable bonds is 4. The van der Waals surface area contributed by atoms with Crippen molar-refractivity contribution in [3.8, 4) is 0 Å². The molecule has 1 aliphatic carbocycles. The molecule has 88 valence electrons. The van der Waals surface area contributed by atoms with Crippen molar-refractivity contribution in [3.63, 3.8) is 0 Å². The fourth-order valence-electron chi connectivity index (χ4n) is 2.54. The van der Waals surface area contributed by atoms with Gasteiger partial charge in [0.25, 0.3) is 0 Å². The predicted molar refractivity (Wildman–Crippen MR) is 68.0 cm³/mol. The molecule has 0 heterocycles. The Hall–Kier alpha value is -0.410. The molecule has 1 N–H and O–H groups in total. The normalized spacial score (nSPS) is 18.2. The third-order valence-electron chi connectivity index (χ3n) is 3.55. The number of halogens is 2. The monoisotopic (exact) mass is 285 g/mol. The van der Waals surface area contributed by atoms with Gasteiger partial charge in [-0.25, -0.2) is 4.39 Å². The lowest BCUT2D eigenvalue weighted by atomic mass is 9.65. The third kappa shape index (κ3) is 2.46. The van der Waals surface area contributed by atoms with Gasteiger partial charge in [0.05, 0.1) is 0 Å². The Bertz CT molecular complexity index is 374. The zero-order valence-electron chi connectivity index (χ0n) is 9.52. The van der Waals surface area contributed by atoms with E-state index >= 15 is 0 Å². The van der Waals surface area contributed by atoms with Crippen molar-refractivity contribution < 1.29 is 4.39 Å². The van der Waals surface area contributed by atoms with E-state index in [9.17, 15) is 4.39 Å². The summed E-state index contributed by atoms with van der Waals surface area (Å²) in [5.74, 6) is -0.0863. The van der Waals surface area contributed by atoms with E-state index in [-0.39, 0.29) is 5.82 Å². The van der Waals surface area contributed by atoms with Gasteiger partial charge >= 0.3 is 0 Å². The lowest BCUT2D eigenvalue weighted by Crippen LogP contribution is -2.40. The van der Waals surface area contributed by atoms with E-state index in [1.807, 2.05) is 19.2 Å². The van der Waals surface area contributed by atoms with Gasteiger partial charge in [-0.1, -0.05) is 28.4 Å². The van der Waals surface area contributed by atoms with Gasteiger partial charge in [0.2, 0.25) is 0 Å². The van der Waals surface area contributed by atoms with Crippen LogP contribution >= 0.6 is 15.9 Å². The van der Waals surface area contributed by atoms with Crippen molar-refractivity contribution in [2.24, 2.45) is 5.41 Å². The van der Waals surface area contributed by atoms with Gasteiger partial charge in [-0.2, -0.15) is 0 Å². The van der Waals surface area contributed by atoms with E-state index in [0.717, 1.165) is 23.0 Å². The molecule has 1 aromatic carbocycles. The van der Waals surface area contributed by atoms with Crippen LogP contribution in [-0.2, 0) is 6.42 Å². The molecule has 0 aromatic heterocycles. The molecule has 0 aliphatic heterocycles. The number of benzene rings is 1. The highest BCUT2D eigenvalue weighted by molar-refractivity contribution is 9.10. The Morgan fingerprint density at radius 2 is 2.19 bits per heavy atom. The average molecular weight is 286 g/mol. The van der Waals surface area contributed by atoms with E-state index in [4.69, 9.17) is 0 Å². The fourth-order valence-corrected chi connectivity index (χ4v) is 2.87. The van der Waals surface area contributed by atoms with E-state index in [1.165, 1.54) is 19.3 Å². The van der Waals surface area contributed by atoms with Crippen LogP contribution in [0, 0.1) is 11.2 Å². The molecule has 0 saturated heterocycles. The zero-order chi connectivity index (χ0) is 11.6. The first kappa shape index (κ1) is 12.1. The quantitative estimate of drug-likeness (QED) is 0.893. The summed E-state index contributed by atoms with van der Waals surface area (Å²) in [5.41, 5.74) is 1.14. The second-order valence-corrected chi connectivity index (χ2v) is 5.71. The molecule has 1 fully saturated rings. The average Bonchev–Trinajstić information content (AvgIpc) is 2.18. The molecule has 0 spiro atoms. The molecule has 0 radical (unpaired) electrons. The van der Waals surface area contributed by atoms with Crippen LogP contribution in [0.25, 0.3) is 0 Å². The van der Waals surface area contributed by atoms with E-state index in [0.29, 0.717) is 5.41 Å². The lowest BCUT2D eigenvalue weighted by molar-refractivity contribution is 0.132. The topological polar surface area (TPSA) is 12.0 Å². The van der Waals surface area contributed by atoms with Gasteiger partial charge in [-0.15, -0.1) is 0 Å². The maximum absolute atomic E-state index is 13.7. The Balaban J connectivity index is 2.13. The first-order valence-corrected chi connectivity index (χ1v) is 6.53. The smallest absolute Gasteiger partial charge is 0.127 e. The summed E-state index contributed by atoms with van der Waals surface area (Å²) >= 11 is 3.29. The van der Waals surface area contributed by atoms with Crippen LogP contribution in [-0.4, -0.2) is 13.6 Å². The molecule has 1 aromatic rings. The van der Waals surface area contributed by atoms with Crippen LogP contribution in [0.2, 0.25) is 0 Å². The Morgan fingerprint density at radius 3 is 2.69 bits per heavy atom. The summed E-state index contributed by atoms with van der Waals surface area (Å²) in [6, 6.07) is 5.38. The number of nitrogens with one attached hydrogen (secondary N) is 1. The van der Waals surface area contributed by atoms with E-state index < -0.39 is 0 Å². The van der Waals surface area contributed by atoms with Crippen molar-refractivity contribution in [2.75, 3.05) is 13.6 Å². The summed E-state index contributed by atoms with van der Waals surface area (Å²) in [6.45, 7) is 0.989. The standard InChI is InChI=1S/C13H17BrFN/c1-16-9-13(5-2-6-13)8-10-3-4-11(14)7-12(10)15/h3-4,7,16H,2,5-6,8-9H2,1H3. The predicted octanol–water partition coefficient (Wildman–Crippen LogP) is 3.52. The van der Waals surface area contributed by atoms with E-state index in [2.05, 4.69) is 21.2 Å². The highest BCUT2D eigenvalue weighted by atomic mass is 79.9. The van der Waals surface area contributed by atoms with Crippen molar-refractivity contribution in [1.82, 2.24) is 5.32 Å². The number of hydrogen-bond acceptors (Lipinski definition) is 1. The minimum absolute atomic E-state index is 0.0863. The van der Waals surface area contributed by atoms with Crippen molar-refractivity contribution in [3.05, 3.63) is 34.1 Å². The molecule has 1 nitrogen and oxygen atoms in total. The summed E-state index contributed by atoms with van der Waals surface area (Å²) in [5, 5.41) is 3.23. The summed E-state index contributed by atoms with van der Waals surface area (Å²) in [6.07, 6.45) is 4.56. The van der Waals surface area contributed by atoms with Crippen molar-refractivity contribution >= 4 is 15.9 Å². The summed E-state index contributed by atoms with van der Waals surface area (Å²) in [4.78, 5) is 0. The Kier molecular flexibility index (Phi) is 3.65. The maximum atomic E-state index is 13.7. The van der Waals surface area contributed by atoms with Crippen molar-refractivity contribution in [1.29, 1.82) is 0 Å². The molecular weight excluding hydrogens is 269 g/mol. The van der Waals surface area contributed by atoms with Crippen LogP contribution in [0.3, 0.4) is 0 Å². The van der Waals surface area contributed by atoms with Crippen LogP contribution < -0.4 is 5.32 Å². The van der Waals surface area contributed by atoms with E-state index in [1.54, 1.807) is 6.07 Å². The van der Waals surface area contributed by atoms with Crippen LogP contribution in [0.5, 0.6) is 0 Å². The van der Waals surface area contributed by atoms with Crippen LogP contribution in [0.15, 0.2) is 22.7 Å². The minimum Gasteiger partial charge on any atom is -0.319 e. The van der Waals surface area contributed by atoms with Crippen LogP contribution in [0.1, 0.15) is 24.8 Å². The Morgan fingerprint density at radius 1 is 1.44 bits per heavy atom. The van der Waals surface area contributed by atoms with Gasteiger partial charge in [0.1, 0.15) is 5.82 Å². The zero-order valence-corrected chi connectivity index (χ0v) is 11.1. The molecule has 1 saturated carbocycles. The third-order valence-corrected chi connectivity index (χ3v) is 4.04. The molecule has 0 atom stereocenters. The van der Waals surface area contributed by atoms with Gasteiger partial charge < -0.3 is 5.32 Å². The van der Waals surface area contributed by atoms with Gasteiger partial charge in [0, 0.05) is 11.0 Å². The molecule has 0 unspecified atom stereocenters. The second-order valence-electron chi connectivity index (χ2n) is 4.80. The number of hydrogen-bond donors (Lipinski definition) is 1. The first-order valence-electron chi connectivity index (χ1n) is 5.74. The SMILES string of the molecule is CNCC1(Cc2ccc(Br)cc2F)CCC1. The molecule has 1 aliphatic rings. The molecular formula is C13H17BrFN.